The van der Waals surface area contributed by atoms with Crippen molar-refractivity contribution in [3.63, 3.8) is 0 Å². The van der Waals surface area contributed by atoms with E-state index in [1.54, 1.807) is 30.9 Å². The Balaban J connectivity index is 0.983. The predicted molar refractivity (Wildman–Crippen MR) is 301 cm³/mol. The number of rotatable bonds is 33. The second kappa shape index (κ2) is 31.5. The molecule has 1 saturated heterocycles. The van der Waals surface area contributed by atoms with Crippen molar-refractivity contribution in [3.05, 3.63) is 111 Å². The van der Waals surface area contributed by atoms with Crippen molar-refractivity contribution in [2.45, 2.75) is 127 Å². The van der Waals surface area contributed by atoms with Crippen LogP contribution in [0.15, 0.2) is 105 Å². The Hall–Kier alpha value is -4.62. The number of esters is 1. The number of benzene rings is 4. The SMILES string of the molecule is CN(CCCC(=O)OCCN(C)CC[C@H](CSc1ccccc1F)Nc1c(F)cc(S(=O)(=O)NC(=O)C2(C)CCCCO2)cc1F)CC[C@H](CSc1ccccc1)Nc1ccc(S(=O)(=O)NCC(=O)C2(F)CCCCC2)cc1[I-][N+](=O)O. The molecule has 1 unspecified atom stereocenters. The molecule has 452 valence electrons. The number of nitrogens with zero attached hydrogens (tertiary/aromatic N) is 3. The Kier molecular flexibility index (Phi) is 25.6. The van der Waals surface area contributed by atoms with Crippen LogP contribution in [-0.2, 0) is 43.9 Å². The molecule has 18 nitrogen and oxygen atoms in total. The number of hydrogen-bond donors (Lipinski definition) is 5. The average Bonchev–Trinajstić information content (AvgIpc) is 3.51. The zero-order chi connectivity index (χ0) is 59.5. The van der Waals surface area contributed by atoms with E-state index in [1.807, 2.05) is 47.0 Å². The molecule has 1 amide bonds. The molecule has 1 saturated carbocycles. The molecular formula is C55H72F4IN7O11S4. The van der Waals surface area contributed by atoms with Gasteiger partial charge in [-0.15, -0.1) is 11.8 Å². The number of halogens is 5. The van der Waals surface area contributed by atoms with Gasteiger partial charge in [-0.05, 0) is 70.5 Å². The molecule has 0 radical (unpaired) electrons. The van der Waals surface area contributed by atoms with Crippen LogP contribution in [0.25, 0.3) is 0 Å². The van der Waals surface area contributed by atoms with Gasteiger partial charge in [0, 0.05) is 29.8 Å². The van der Waals surface area contributed by atoms with Gasteiger partial charge in [0.25, 0.3) is 15.9 Å². The number of hydrogen-bond acceptors (Lipinski definition) is 16. The summed E-state index contributed by atoms with van der Waals surface area (Å²) in [5.41, 5.74) is -3.65. The summed E-state index contributed by atoms with van der Waals surface area (Å²) >= 11 is 0.914. The molecule has 1 aliphatic heterocycles. The predicted octanol–water partition coefficient (Wildman–Crippen LogP) is 5.54. The van der Waals surface area contributed by atoms with Gasteiger partial charge < -0.3 is 15.0 Å². The Morgan fingerprint density at radius 3 is 2.06 bits per heavy atom. The monoisotopic (exact) mass is 1340 g/mol. The van der Waals surface area contributed by atoms with Crippen molar-refractivity contribution in [2.24, 2.45) is 0 Å². The van der Waals surface area contributed by atoms with Gasteiger partial charge in [-0.2, -0.15) is 0 Å². The quantitative estimate of drug-likeness (QED) is 0.00984. The number of alkyl halides is 1. The van der Waals surface area contributed by atoms with Crippen LogP contribution < -0.4 is 41.6 Å². The third-order valence-corrected chi connectivity index (χ3v) is 21.0. The fraction of sp³-hybridized carbons (Fsp3) is 0.509. The molecule has 27 heteroatoms. The Morgan fingerprint density at radius 1 is 0.768 bits per heavy atom. The number of ether oxygens (including phenoxy) is 2. The number of carbonyl (C=O) groups is 3. The molecule has 4 aromatic rings. The Bertz CT molecular complexity index is 3020. The maximum absolute atomic E-state index is 15.7. The Labute approximate surface area is 496 Å². The molecule has 5 N–H and O–H groups in total. The van der Waals surface area contributed by atoms with Crippen LogP contribution >= 0.6 is 23.5 Å². The van der Waals surface area contributed by atoms with E-state index in [9.17, 15) is 45.7 Å². The standard InChI is InChI=1S/C55H72F4IN7O11S4/c1-54(24-12-13-31-78-54)53(70)64-82(75,76)43-33-45(57)52(46(58)34-43)63-40(38-80-49-18-9-8-17-44(49)56)23-29-66(3)30-32-77-51(69)19-14-27-65(2)28-22-39(37-79-41-15-6-4-7-16-41)62-48-21-20-42(35-47(48)60-67(71)72)81(73,74)61-36-50(68)55(59)25-10-5-11-26-55/h4,6-9,15-18,20-21,33-35,39-40,61-63H,5,10-14,19,22-32,36-38H2,1-3H3,(H,64,70)(H,71,72)/t39-,40-,54?/m1/s1. The second-order valence-electron chi connectivity index (χ2n) is 20.5. The van der Waals surface area contributed by atoms with Gasteiger partial charge >= 0.3 is 273 Å². The average molecular weight is 1340 g/mol. The number of carbonyl (C=O) groups excluding carboxylic acids is 3. The first-order valence-corrected chi connectivity index (χ1v) is 33.9. The molecule has 2 fully saturated rings. The molecule has 82 heavy (non-hydrogen) atoms. The summed E-state index contributed by atoms with van der Waals surface area (Å²) < 4.78 is 129. The molecule has 3 atom stereocenters. The van der Waals surface area contributed by atoms with Crippen molar-refractivity contribution in [2.75, 3.05) is 82.2 Å². The van der Waals surface area contributed by atoms with Gasteiger partial charge in [-0.25, -0.2) is 26.3 Å². The normalized spacial score (nSPS) is 17.3. The van der Waals surface area contributed by atoms with Crippen LogP contribution in [0.3, 0.4) is 0 Å². The zero-order valence-corrected chi connectivity index (χ0v) is 51.4. The molecule has 1 heterocycles. The molecule has 2 aliphatic rings. The zero-order valence-electron chi connectivity index (χ0n) is 46.0. The number of thioether (sulfide) groups is 2. The van der Waals surface area contributed by atoms with Gasteiger partial charge in [0.2, 0.25) is 0 Å². The minimum atomic E-state index is -4.69. The molecule has 6 rings (SSSR count). The van der Waals surface area contributed by atoms with E-state index in [2.05, 4.69) is 20.3 Å². The molecule has 1 aliphatic carbocycles. The van der Waals surface area contributed by atoms with Crippen LogP contribution in [0.2, 0.25) is 0 Å². The van der Waals surface area contributed by atoms with E-state index < -0.39 is 111 Å². The number of nitrogens with one attached hydrogen (secondary N) is 4. The first kappa shape index (κ1) is 66.5. The van der Waals surface area contributed by atoms with Crippen molar-refractivity contribution in [1.82, 2.24) is 19.2 Å². The van der Waals surface area contributed by atoms with Crippen molar-refractivity contribution in [1.29, 1.82) is 0 Å². The number of amides is 1. The van der Waals surface area contributed by atoms with E-state index >= 15 is 13.2 Å². The summed E-state index contributed by atoms with van der Waals surface area (Å²) in [5.74, 6) is -4.39. The van der Waals surface area contributed by atoms with Crippen LogP contribution in [0.1, 0.15) is 84.0 Å². The van der Waals surface area contributed by atoms with Crippen molar-refractivity contribution in [3.8, 4) is 0 Å². The van der Waals surface area contributed by atoms with Gasteiger partial charge in [0.15, 0.2) is 11.6 Å². The number of anilines is 2. The molecular weight excluding hydrogens is 1270 g/mol. The third kappa shape index (κ3) is 20.6. The molecule has 4 aromatic carbocycles. The van der Waals surface area contributed by atoms with Gasteiger partial charge in [0.05, 0.1) is 4.90 Å². The van der Waals surface area contributed by atoms with Crippen LogP contribution in [-0.4, -0.2) is 148 Å². The summed E-state index contributed by atoms with van der Waals surface area (Å²) in [4.78, 5) is 54.7. The topological polar surface area (TPSA) is 233 Å². The first-order chi connectivity index (χ1) is 38.9. The molecule has 0 bridgehead atoms. The van der Waals surface area contributed by atoms with E-state index in [0.717, 1.165) is 23.1 Å². The second-order valence-corrected chi connectivity index (χ2v) is 28.6. The van der Waals surface area contributed by atoms with Gasteiger partial charge in [0.1, 0.15) is 23.7 Å². The summed E-state index contributed by atoms with van der Waals surface area (Å²) in [6.07, 6.45) is 5.05. The van der Waals surface area contributed by atoms with Crippen LogP contribution in [0.5, 0.6) is 0 Å². The van der Waals surface area contributed by atoms with Crippen molar-refractivity contribution >= 4 is 72.6 Å². The molecule has 0 aromatic heterocycles. The Morgan fingerprint density at radius 2 is 1.40 bits per heavy atom. The minimum absolute atomic E-state index is 0.0440. The van der Waals surface area contributed by atoms with E-state index in [1.165, 1.54) is 37.3 Å². The number of Topliss-reactive ketones (excluding diaryl/α,β-unsaturated/α-hetero) is 1. The van der Waals surface area contributed by atoms with Crippen LogP contribution in [0.4, 0.5) is 28.9 Å². The summed E-state index contributed by atoms with van der Waals surface area (Å²) in [6, 6.07) is 20.2. The van der Waals surface area contributed by atoms with Crippen molar-refractivity contribution < 1.29 is 88.1 Å². The number of sulfonamides is 2. The van der Waals surface area contributed by atoms with Gasteiger partial charge in [-0.1, -0.05) is 12.1 Å². The maximum atomic E-state index is 15.7. The van der Waals surface area contributed by atoms with Gasteiger partial charge in [-0.3, -0.25) is 4.79 Å². The van der Waals surface area contributed by atoms with E-state index in [-0.39, 0.29) is 68.7 Å². The number of ketones is 1. The van der Waals surface area contributed by atoms with E-state index in [0.29, 0.717) is 93.2 Å². The van der Waals surface area contributed by atoms with E-state index in [4.69, 9.17) is 9.47 Å². The summed E-state index contributed by atoms with van der Waals surface area (Å²) in [6.45, 7) is 2.81. The third-order valence-electron chi connectivity index (χ3n) is 14.0. The summed E-state index contributed by atoms with van der Waals surface area (Å²) in [7, 11) is -5.31. The fourth-order valence-electron chi connectivity index (χ4n) is 9.11. The summed E-state index contributed by atoms with van der Waals surface area (Å²) in [5, 5.41) is 16.1. The van der Waals surface area contributed by atoms with Crippen LogP contribution in [0, 0.1) is 25.9 Å². The molecule has 0 spiro atoms. The fourth-order valence-corrected chi connectivity index (χ4v) is 14.9. The number of likely N-dealkylation sites (N-methyl/N-ethyl adjacent to an activating group) is 1. The first-order valence-electron chi connectivity index (χ1n) is 26.9.